The Bertz CT molecular complexity index is 766. The molecule has 0 aliphatic heterocycles. The minimum atomic E-state index is -1.18. The molecule has 0 N–H and O–H groups in total. The number of thiophene rings is 1. The summed E-state index contributed by atoms with van der Waals surface area (Å²) in [5.41, 5.74) is 1.41. The van der Waals surface area contributed by atoms with Gasteiger partial charge in [-0.25, -0.2) is 0 Å². The molecule has 3 rings (SSSR count). The summed E-state index contributed by atoms with van der Waals surface area (Å²) in [5, 5.41) is 18.4. The quantitative estimate of drug-likeness (QED) is 0.656. The highest BCUT2D eigenvalue weighted by molar-refractivity contribution is 7.13. The fraction of sp³-hybridized carbons (Fsp3) is 0.0714. The lowest BCUT2D eigenvalue weighted by atomic mass is 10.1. The van der Waals surface area contributed by atoms with Crippen LogP contribution in [0, 0.1) is 0 Å². The first-order valence-electron chi connectivity index (χ1n) is 5.73. The van der Waals surface area contributed by atoms with Crippen molar-refractivity contribution in [1.29, 1.82) is 0 Å². The second kappa shape index (κ2) is 4.44. The van der Waals surface area contributed by atoms with Gasteiger partial charge in [0.05, 0.1) is 11.5 Å². The fourth-order valence-electron chi connectivity index (χ4n) is 2.18. The SMILES string of the molecule is C[n+]1nc2ccccc2c(C(=O)[O-])c1-c1cccs1. The van der Waals surface area contributed by atoms with Gasteiger partial charge in [0.25, 0.3) is 5.69 Å². The van der Waals surface area contributed by atoms with Crippen LogP contribution in [0.25, 0.3) is 21.5 Å². The predicted octanol–water partition coefficient (Wildman–Crippen LogP) is 1.15. The highest BCUT2D eigenvalue weighted by Gasteiger charge is 2.23. The molecule has 1 aromatic carbocycles. The third kappa shape index (κ3) is 1.88. The van der Waals surface area contributed by atoms with Crippen molar-refractivity contribution in [2.45, 2.75) is 0 Å². The van der Waals surface area contributed by atoms with Crippen LogP contribution in [0.5, 0.6) is 0 Å². The molecule has 0 aliphatic carbocycles. The van der Waals surface area contributed by atoms with Crippen LogP contribution in [0.3, 0.4) is 0 Å². The van der Waals surface area contributed by atoms with E-state index in [0.29, 0.717) is 16.6 Å². The molecule has 0 saturated heterocycles. The number of hydrogen-bond donors (Lipinski definition) is 0. The summed E-state index contributed by atoms with van der Waals surface area (Å²) >= 11 is 1.48. The normalized spacial score (nSPS) is 10.8. The highest BCUT2D eigenvalue weighted by Crippen LogP contribution is 2.28. The molecule has 0 fully saturated rings. The predicted molar refractivity (Wildman–Crippen MR) is 70.6 cm³/mol. The van der Waals surface area contributed by atoms with Gasteiger partial charge in [0.2, 0.25) is 0 Å². The highest BCUT2D eigenvalue weighted by atomic mass is 32.1. The van der Waals surface area contributed by atoms with Gasteiger partial charge < -0.3 is 9.90 Å². The molecule has 2 aromatic heterocycles. The smallest absolute Gasteiger partial charge is 0.258 e. The molecule has 0 radical (unpaired) electrons. The van der Waals surface area contributed by atoms with Gasteiger partial charge in [-0.15, -0.1) is 11.3 Å². The van der Waals surface area contributed by atoms with E-state index >= 15 is 0 Å². The fourth-order valence-corrected chi connectivity index (χ4v) is 2.98. The number of hydrogen-bond acceptors (Lipinski definition) is 4. The van der Waals surface area contributed by atoms with E-state index < -0.39 is 5.97 Å². The van der Waals surface area contributed by atoms with Crippen molar-refractivity contribution in [2.24, 2.45) is 7.05 Å². The van der Waals surface area contributed by atoms with Gasteiger partial charge in [-0.1, -0.05) is 28.9 Å². The van der Waals surface area contributed by atoms with Crippen molar-refractivity contribution >= 4 is 28.2 Å². The van der Waals surface area contributed by atoms with Gasteiger partial charge in [-0.2, -0.15) is 0 Å². The summed E-state index contributed by atoms with van der Waals surface area (Å²) in [5.74, 6) is -1.18. The van der Waals surface area contributed by atoms with E-state index in [1.807, 2.05) is 23.6 Å². The average molecular weight is 270 g/mol. The molecular weight excluding hydrogens is 260 g/mol. The third-order valence-electron chi connectivity index (χ3n) is 2.95. The molecular formula is C14H10N2O2S. The summed E-state index contributed by atoms with van der Waals surface area (Å²) in [7, 11) is 1.74. The number of aryl methyl sites for hydroxylation is 1. The van der Waals surface area contributed by atoms with E-state index in [-0.39, 0.29) is 5.56 Å². The molecule has 0 unspecified atom stereocenters. The van der Waals surface area contributed by atoms with Gasteiger partial charge in [-0.05, 0) is 17.5 Å². The Hall–Kier alpha value is -2.27. The minimum Gasteiger partial charge on any atom is -0.545 e. The molecule has 0 aliphatic rings. The van der Waals surface area contributed by atoms with Crippen LogP contribution in [-0.2, 0) is 7.05 Å². The van der Waals surface area contributed by atoms with Crippen molar-refractivity contribution < 1.29 is 14.6 Å². The summed E-state index contributed by atoms with van der Waals surface area (Å²) in [6.07, 6.45) is 0. The van der Waals surface area contributed by atoms with Gasteiger partial charge in [-0.3, -0.25) is 0 Å². The Labute approximate surface area is 113 Å². The minimum absolute atomic E-state index is 0.190. The van der Waals surface area contributed by atoms with Crippen molar-refractivity contribution in [3.63, 3.8) is 0 Å². The summed E-state index contributed by atoms with van der Waals surface area (Å²) < 4.78 is 1.60. The molecule has 0 spiro atoms. The Kier molecular flexibility index (Phi) is 2.76. The molecule has 0 saturated carbocycles. The number of nitrogens with zero attached hydrogens (tertiary/aromatic N) is 2. The number of carboxylic acid groups (broad SMARTS) is 1. The largest absolute Gasteiger partial charge is 0.545 e. The van der Waals surface area contributed by atoms with E-state index in [1.54, 1.807) is 29.9 Å². The zero-order valence-electron chi connectivity index (χ0n) is 10.2. The average Bonchev–Trinajstić information content (AvgIpc) is 2.90. The molecule has 0 atom stereocenters. The van der Waals surface area contributed by atoms with E-state index in [2.05, 4.69) is 5.10 Å². The number of fused-ring (bicyclic) bond motifs is 1. The van der Waals surface area contributed by atoms with Crippen molar-refractivity contribution in [1.82, 2.24) is 5.10 Å². The zero-order chi connectivity index (χ0) is 13.4. The lowest BCUT2D eigenvalue weighted by Crippen LogP contribution is -2.39. The van der Waals surface area contributed by atoms with Crippen LogP contribution in [0.1, 0.15) is 10.4 Å². The van der Waals surface area contributed by atoms with Crippen molar-refractivity contribution in [3.8, 4) is 10.6 Å². The summed E-state index contributed by atoms with van der Waals surface area (Å²) in [6.45, 7) is 0. The van der Waals surface area contributed by atoms with Crippen LogP contribution < -0.4 is 9.79 Å². The maximum Gasteiger partial charge on any atom is 0.258 e. The van der Waals surface area contributed by atoms with E-state index in [9.17, 15) is 9.90 Å². The summed E-state index contributed by atoms with van der Waals surface area (Å²) in [4.78, 5) is 12.4. The lowest BCUT2D eigenvalue weighted by Gasteiger charge is -2.09. The summed E-state index contributed by atoms with van der Waals surface area (Å²) in [6, 6.07) is 10.9. The van der Waals surface area contributed by atoms with Gasteiger partial charge >= 0.3 is 0 Å². The van der Waals surface area contributed by atoms with Gasteiger partial charge in [0, 0.05) is 10.5 Å². The number of benzene rings is 1. The number of carbonyl (C=O) groups is 1. The van der Waals surface area contributed by atoms with Crippen LogP contribution >= 0.6 is 11.3 Å². The Morgan fingerprint density at radius 1 is 1.26 bits per heavy atom. The molecule has 0 bridgehead atoms. The zero-order valence-corrected chi connectivity index (χ0v) is 11.0. The topological polar surface area (TPSA) is 56.9 Å². The van der Waals surface area contributed by atoms with E-state index in [0.717, 1.165) is 4.88 Å². The number of aromatic carboxylic acids is 1. The molecule has 4 nitrogen and oxygen atoms in total. The van der Waals surface area contributed by atoms with Crippen molar-refractivity contribution in [2.75, 3.05) is 0 Å². The monoisotopic (exact) mass is 270 g/mol. The molecule has 94 valence electrons. The molecule has 3 aromatic rings. The van der Waals surface area contributed by atoms with Gasteiger partial charge in [0.15, 0.2) is 7.05 Å². The second-order valence-electron chi connectivity index (χ2n) is 4.13. The van der Waals surface area contributed by atoms with Crippen LogP contribution in [0.4, 0.5) is 0 Å². The van der Waals surface area contributed by atoms with Gasteiger partial charge in [0.1, 0.15) is 10.4 Å². The molecule has 2 heterocycles. The first kappa shape index (κ1) is 11.8. The second-order valence-corrected chi connectivity index (χ2v) is 5.08. The van der Waals surface area contributed by atoms with Crippen LogP contribution in [0.2, 0.25) is 0 Å². The van der Waals surface area contributed by atoms with E-state index in [4.69, 9.17) is 0 Å². The maximum atomic E-state index is 11.5. The van der Waals surface area contributed by atoms with Crippen LogP contribution in [0.15, 0.2) is 41.8 Å². The third-order valence-corrected chi connectivity index (χ3v) is 3.83. The Morgan fingerprint density at radius 3 is 2.74 bits per heavy atom. The first-order valence-corrected chi connectivity index (χ1v) is 6.60. The van der Waals surface area contributed by atoms with Crippen molar-refractivity contribution in [3.05, 3.63) is 47.3 Å². The maximum absolute atomic E-state index is 11.5. The van der Waals surface area contributed by atoms with Crippen LogP contribution in [-0.4, -0.2) is 11.1 Å². The molecule has 0 amide bonds. The number of carbonyl (C=O) groups excluding carboxylic acids is 1. The number of carboxylic acids is 1. The first-order chi connectivity index (χ1) is 9.18. The standard InChI is InChI=1S/C14H10N2O2S/c1-16-13(11-7-4-8-19-11)12(14(17)18)9-5-2-3-6-10(9)15-16/h2-8H,1H3. The van der Waals surface area contributed by atoms with E-state index in [1.165, 1.54) is 11.3 Å². The Balaban J connectivity index is 2.47. The number of aromatic nitrogens is 2. The molecule has 19 heavy (non-hydrogen) atoms. The lowest BCUT2D eigenvalue weighted by molar-refractivity contribution is -0.718. The number of rotatable bonds is 2. The Morgan fingerprint density at radius 2 is 2.05 bits per heavy atom. The molecule has 5 heteroatoms.